The highest BCUT2D eigenvalue weighted by molar-refractivity contribution is 8.00. The lowest BCUT2D eigenvalue weighted by atomic mass is 10.4. The van der Waals surface area contributed by atoms with Gasteiger partial charge in [0.25, 0.3) is 0 Å². The van der Waals surface area contributed by atoms with Crippen LogP contribution >= 0.6 is 23.5 Å². The largest absolute Gasteiger partial charge is 0.481 e. The Labute approximate surface area is 134 Å². The van der Waals surface area contributed by atoms with Gasteiger partial charge in [0.1, 0.15) is 12.1 Å². The number of carboxylic acid groups (broad SMARTS) is 4. The van der Waals surface area contributed by atoms with Gasteiger partial charge in [0.2, 0.25) is 0 Å². The maximum absolute atomic E-state index is 10.1. The summed E-state index contributed by atoms with van der Waals surface area (Å²) in [6.45, 7) is 0. The standard InChI is InChI=1S/2C5H9NO4S/c2*6-3(5(9)10)1-11-2-4(7)8/h2*3H,1-2,6H2,(H,7,8)(H,9,10)/t3-;/m0./s1. The molecular formula is C10H18N2O8S2. The molecule has 0 saturated heterocycles. The first-order chi connectivity index (χ1) is 10.1. The SMILES string of the molecule is NC(CSCC(=O)O)C(=O)O.N[C@@H](CSCC(=O)O)C(=O)O. The van der Waals surface area contributed by atoms with Crippen molar-refractivity contribution >= 4 is 47.4 Å². The van der Waals surface area contributed by atoms with E-state index < -0.39 is 36.0 Å². The van der Waals surface area contributed by atoms with Gasteiger partial charge in [0, 0.05) is 11.5 Å². The molecule has 1 unspecified atom stereocenters. The Hall–Kier alpha value is -1.50. The molecule has 0 aromatic carbocycles. The Morgan fingerprint density at radius 2 is 1.00 bits per heavy atom. The van der Waals surface area contributed by atoms with Crippen LogP contribution in [0.3, 0.4) is 0 Å². The minimum Gasteiger partial charge on any atom is -0.481 e. The molecule has 10 nitrogen and oxygen atoms in total. The van der Waals surface area contributed by atoms with Crippen LogP contribution in [-0.4, -0.2) is 79.4 Å². The van der Waals surface area contributed by atoms with Crippen LogP contribution < -0.4 is 11.5 Å². The van der Waals surface area contributed by atoms with Crippen molar-refractivity contribution in [1.29, 1.82) is 0 Å². The molecule has 128 valence electrons. The van der Waals surface area contributed by atoms with E-state index in [0.717, 1.165) is 23.5 Å². The third-order valence-electron chi connectivity index (χ3n) is 1.68. The highest BCUT2D eigenvalue weighted by Gasteiger charge is 2.12. The summed E-state index contributed by atoms with van der Waals surface area (Å²) in [6, 6.07) is -1.95. The summed E-state index contributed by atoms with van der Waals surface area (Å²) < 4.78 is 0. The Morgan fingerprint density at radius 1 is 0.727 bits per heavy atom. The molecule has 0 bridgehead atoms. The molecule has 0 fully saturated rings. The minimum atomic E-state index is -1.11. The van der Waals surface area contributed by atoms with Gasteiger partial charge in [-0.3, -0.25) is 19.2 Å². The zero-order valence-corrected chi connectivity index (χ0v) is 13.0. The Bertz CT molecular complexity index is 357. The van der Waals surface area contributed by atoms with Crippen LogP contribution in [-0.2, 0) is 19.2 Å². The predicted molar refractivity (Wildman–Crippen MR) is 81.1 cm³/mol. The maximum atomic E-state index is 10.1. The number of thioether (sulfide) groups is 2. The lowest BCUT2D eigenvalue weighted by molar-refractivity contribution is -0.138. The molecule has 0 aliphatic heterocycles. The zero-order valence-electron chi connectivity index (χ0n) is 11.4. The summed E-state index contributed by atoms with van der Waals surface area (Å²) in [5.41, 5.74) is 10.2. The van der Waals surface area contributed by atoms with E-state index in [2.05, 4.69) is 0 Å². The third kappa shape index (κ3) is 16.6. The van der Waals surface area contributed by atoms with Crippen molar-refractivity contribution in [3.05, 3.63) is 0 Å². The van der Waals surface area contributed by atoms with Crippen LogP contribution in [0.5, 0.6) is 0 Å². The van der Waals surface area contributed by atoms with E-state index in [4.69, 9.17) is 31.9 Å². The molecule has 0 spiro atoms. The number of aliphatic carboxylic acids is 4. The molecule has 0 aromatic rings. The molecule has 0 aromatic heterocycles. The van der Waals surface area contributed by atoms with Gasteiger partial charge in [0.05, 0.1) is 11.5 Å². The number of hydrogen-bond acceptors (Lipinski definition) is 8. The number of nitrogens with two attached hydrogens (primary N) is 2. The lowest BCUT2D eigenvalue weighted by Gasteiger charge is -2.02. The monoisotopic (exact) mass is 358 g/mol. The average molecular weight is 358 g/mol. The summed E-state index contributed by atoms with van der Waals surface area (Å²) in [4.78, 5) is 40.1. The van der Waals surface area contributed by atoms with Crippen LogP contribution in [0.4, 0.5) is 0 Å². The van der Waals surface area contributed by atoms with Gasteiger partial charge >= 0.3 is 23.9 Å². The number of rotatable bonds is 10. The van der Waals surface area contributed by atoms with Crippen molar-refractivity contribution < 1.29 is 39.6 Å². The van der Waals surface area contributed by atoms with Crippen molar-refractivity contribution in [2.75, 3.05) is 23.0 Å². The smallest absolute Gasteiger partial charge is 0.321 e. The third-order valence-corrected chi connectivity index (χ3v) is 3.77. The molecule has 0 saturated carbocycles. The van der Waals surface area contributed by atoms with Gasteiger partial charge in [0.15, 0.2) is 0 Å². The highest BCUT2D eigenvalue weighted by Crippen LogP contribution is 2.01. The second-order valence-corrected chi connectivity index (χ2v) is 5.77. The molecule has 0 aliphatic rings. The van der Waals surface area contributed by atoms with Gasteiger partial charge in [-0.25, -0.2) is 0 Å². The van der Waals surface area contributed by atoms with Gasteiger partial charge < -0.3 is 31.9 Å². The molecule has 8 N–H and O–H groups in total. The highest BCUT2D eigenvalue weighted by atomic mass is 32.2. The number of carboxylic acids is 4. The molecule has 0 amide bonds. The maximum Gasteiger partial charge on any atom is 0.321 e. The molecular weight excluding hydrogens is 340 g/mol. The lowest BCUT2D eigenvalue weighted by Crippen LogP contribution is -2.32. The van der Waals surface area contributed by atoms with Gasteiger partial charge in [-0.2, -0.15) is 0 Å². The molecule has 0 radical (unpaired) electrons. The van der Waals surface area contributed by atoms with E-state index in [1.807, 2.05) is 0 Å². The average Bonchev–Trinajstić information content (AvgIpc) is 2.38. The first-order valence-corrected chi connectivity index (χ1v) is 7.94. The van der Waals surface area contributed by atoms with Crippen LogP contribution in [0, 0.1) is 0 Å². The van der Waals surface area contributed by atoms with E-state index >= 15 is 0 Å². The molecule has 12 heteroatoms. The fourth-order valence-electron chi connectivity index (χ4n) is 0.689. The first kappa shape index (κ1) is 22.8. The summed E-state index contributed by atoms with van der Waals surface area (Å²) >= 11 is 1.98. The van der Waals surface area contributed by atoms with E-state index in [1.54, 1.807) is 0 Å². The van der Waals surface area contributed by atoms with Crippen LogP contribution in [0.15, 0.2) is 0 Å². The quantitative estimate of drug-likeness (QED) is 0.262. The molecule has 0 aliphatic carbocycles. The fourth-order valence-corrected chi connectivity index (χ4v) is 2.07. The molecule has 0 rings (SSSR count). The summed E-state index contributed by atoms with van der Waals surface area (Å²) in [5.74, 6) is -4.11. The second-order valence-electron chi connectivity index (χ2n) is 3.71. The molecule has 0 heterocycles. The van der Waals surface area contributed by atoms with Gasteiger partial charge in [-0.15, -0.1) is 23.5 Å². The summed E-state index contributed by atoms with van der Waals surface area (Å²) in [6.07, 6.45) is 0. The van der Waals surface area contributed by atoms with Crippen molar-refractivity contribution in [2.24, 2.45) is 11.5 Å². The van der Waals surface area contributed by atoms with Crippen molar-refractivity contribution in [3.8, 4) is 0 Å². The summed E-state index contributed by atoms with van der Waals surface area (Å²) in [5, 5.41) is 32.8. The van der Waals surface area contributed by atoms with E-state index in [1.165, 1.54) is 0 Å². The topological polar surface area (TPSA) is 201 Å². The van der Waals surface area contributed by atoms with Crippen LogP contribution in [0.2, 0.25) is 0 Å². The minimum absolute atomic E-state index is 0.110. The van der Waals surface area contributed by atoms with Crippen LogP contribution in [0.25, 0.3) is 0 Å². The van der Waals surface area contributed by atoms with E-state index in [0.29, 0.717) is 0 Å². The molecule has 2 atom stereocenters. The van der Waals surface area contributed by atoms with Crippen molar-refractivity contribution in [3.63, 3.8) is 0 Å². The Morgan fingerprint density at radius 3 is 1.18 bits per heavy atom. The fraction of sp³-hybridized carbons (Fsp3) is 0.600. The van der Waals surface area contributed by atoms with E-state index in [-0.39, 0.29) is 23.0 Å². The van der Waals surface area contributed by atoms with Gasteiger partial charge in [-0.05, 0) is 0 Å². The normalized spacial score (nSPS) is 12.5. The van der Waals surface area contributed by atoms with Gasteiger partial charge in [-0.1, -0.05) is 0 Å². The zero-order chi connectivity index (χ0) is 17.7. The molecule has 22 heavy (non-hydrogen) atoms. The first-order valence-electron chi connectivity index (χ1n) is 5.63. The number of hydrogen-bond donors (Lipinski definition) is 6. The second kappa shape index (κ2) is 13.2. The van der Waals surface area contributed by atoms with Crippen molar-refractivity contribution in [1.82, 2.24) is 0 Å². The predicted octanol–water partition coefficient (Wildman–Crippen LogP) is -1.57. The van der Waals surface area contributed by atoms with Crippen molar-refractivity contribution in [2.45, 2.75) is 12.1 Å². The number of carbonyl (C=O) groups is 4. The summed E-state index contributed by atoms with van der Waals surface area (Å²) in [7, 11) is 0. The Balaban J connectivity index is 0. The Kier molecular flexibility index (Phi) is 13.6. The van der Waals surface area contributed by atoms with E-state index in [9.17, 15) is 19.2 Å². The van der Waals surface area contributed by atoms with Crippen LogP contribution in [0.1, 0.15) is 0 Å².